The molecule has 26 heavy (non-hydrogen) atoms. The van der Waals surface area contributed by atoms with E-state index in [1.165, 1.54) is 0 Å². The highest BCUT2D eigenvalue weighted by atomic mass is 16.2. The molecular formula is C19H30N4O3. The minimum absolute atomic E-state index is 0.0594. The van der Waals surface area contributed by atoms with Crippen molar-refractivity contribution in [3.8, 4) is 0 Å². The largest absolute Gasteiger partial charge is 0.355 e. The van der Waals surface area contributed by atoms with E-state index in [0.29, 0.717) is 30.9 Å². The Labute approximate surface area is 155 Å². The summed E-state index contributed by atoms with van der Waals surface area (Å²) in [5, 5.41) is 5.55. The predicted molar refractivity (Wildman–Crippen MR) is 103 cm³/mol. The Morgan fingerprint density at radius 3 is 2.27 bits per heavy atom. The number of amides is 3. The van der Waals surface area contributed by atoms with E-state index < -0.39 is 0 Å². The highest BCUT2D eigenvalue weighted by Gasteiger charge is 2.14. The zero-order valence-electron chi connectivity index (χ0n) is 16.2. The predicted octanol–water partition coefficient (Wildman–Crippen LogP) is 1.57. The van der Waals surface area contributed by atoms with Crippen LogP contribution in [0.4, 0.5) is 5.69 Å². The lowest BCUT2D eigenvalue weighted by Gasteiger charge is -2.19. The maximum Gasteiger partial charge on any atom is 0.253 e. The molecule has 7 nitrogen and oxygen atoms in total. The first kappa shape index (κ1) is 21.6. The van der Waals surface area contributed by atoms with Crippen molar-refractivity contribution in [2.75, 3.05) is 45.1 Å². The average Bonchev–Trinajstić information content (AvgIpc) is 2.60. The van der Waals surface area contributed by atoms with Gasteiger partial charge in [0.2, 0.25) is 11.8 Å². The van der Waals surface area contributed by atoms with Crippen LogP contribution in [0.5, 0.6) is 0 Å². The number of hydrogen-bond acceptors (Lipinski definition) is 4. The van der Waals surface area contributed by atoms with Crippen LogP contribution in [0.25, 0.3) is 0 Å². The first-order chi connectivity index (χ1) is 12.4. The average molecular weight is 362 g/mol. The highest BCUT2D eigenvalue weighted by Crippen LogP contribution is 2.13. The molecule has 0 aliphatic carbocycles. The summed E-state index contributed by atoms with van der Waals surface area (Å²) < 4.78 is 0. The Morgan fingerprint density at radius 1 is 1.00 bits per heavy atom. The molecule has 0 saturated heterocycles. The van der Waals surface area contributed by atoms with Crippen LogP contribution in [0.3, 0.4) is 0 Å². The van der Waals surface area contributed by atoms with Gasteiger partial charge in [-0.2, -0.15) is 0 Å². The lowest BCUT2D eigenvalue weighted by molar-refractivity contribution is -0.122. The molecule has 0 spiro atoms. The smallest absolute Gasteiger partial charge is 0.253 e. The fraction of sp³-hybridized carbons (Fsp3) is 0.526. The van der Waals surface area contributed by atoms with Crippen molar-refractivity contribution in [2.45, 2.75) is 27.2 Å². The summed E-state index contributed by atoms with van der Waals surface area (Å²) in [6, 6.07) is 6.89. The van der Waals surface area contributed by atoms with Crippen LogP contribution in [0.15, 0.2) is 24.3 Å². The molecule has 0 atom stereocenters. The number of carbonyl (C=O) groups is 3. The van der Waals surface area contributed by atoms with Gasteiger partial charge in [0, 0.05) is 30.9 Å². The molecule has 7 heteroatoms. The fourth-order valence-electron chi connectivity index (χ4n) is 2.49. The number of likely N-dealkylation sites (N-methyl/N-ethyl adjacent to an activating group) is 1. The zero-order valence-corrected chi connectivity index (χ0v) is 16.2. The van der Waals surface area contributed by atoms with Gasteiger partial charge in [-0.3, -0.25) is 19.3 Å². The van der Waals surface area contributed by atoms with Crippen molar-refractivity contribution in [3.05, 3.63) is 29.8 Å². The molecule has 0 saturated carbocycles. The molecule has 3 amide bonds. The number of carbonyl (C=O) groups excluding carboxylic acids is 3. The molecule has 1 rings (SSSR count). The molecule has 0 unspecified atom stereocenters. The van der Waals surface area contributed by atoms with Crippen LogP contribution in [0.1, 0.15) is 37.6 Å². The van der Waals surface area contributed by atoms with Gasteiger partial charge in [-0.1, -0.05) is 13.0 Å². The van der Waals surface area contributed by atoms with Gasteiger partial charge >= 0.3 is 0 Å². The summed E-state index contributed by atoms with van der Waals surface area (Å²) in [7, 11) is 1.71. The van der Waals surface area contributed by atoms with Gasteiger partial charge in [-0.05, 0) is 45.5 Å². The highest BCUT2D eigenvalue weighted by molar-refractivity contribution is 5.97. The molecular weight excluding hydrogens is 332 g/mol. The van der Waals surface area contributed by atoms with Crippen molar-refractivity contribution in [1.82, 2.24) is 15.1 Å². The SMILES string of the molecule is CCCNC(=O)CN(C)CC(=O)Nc1cccc(C(=O)N(CC)CC)c1. The Morgan fingerprint density at radius 2 is 1.65 bits per heavy atom. The molecule has 0 aliphatic rings. The molecule has 1 aromatic carbocycles. The second kappa shape index (κ2) is 11.3. The van der Waals surface area contributed by atoms with E-state index in [0.717, 1.165) is 6.42 Å². The molecule has 0 aromatic heterocycles. The summed E-state index contributed by atoms with van der Waals surface area (Å²) in [5.74, 6) is -0.395. The van der Waals surface area contributed by atoms with E-state index in [2.05, 4.69) is 10.6 Å². The Bertz CT molecular complexity index is 615. The molecule has 0 bridgehead atoms. The maximum atomic E-state index is 12.4. The van der Waals surface area contributed by atoms with E-state index in [-0.39, 0.29) is 30.8 Å². The molecule has 0 aliphatic heterocycles. The van der Waals surface area contributed by atoms with Gasteiger partial charge < -0.3 is 15.5 Å². The van der Waals surface area contributed by atoms with E-state index >= 15 is 0 Å². The van der Waals surface area contributed by atoms with Crippen LogP contribution >= 0.6 is 0 Å². The van der Waals surface area contributed by atoms with Crippen molar-refractivity contribution < 1.29 is 14.4 Å². The number of benzene rings is 1. The second-order valence-corrected chi connectivity index (χ2v) is 6.13. The first-order valence-corrected chi connectivity index (χ1v) is 9.05. The van der Waals surface area contributed by atoms with Gasteiger partial charge in [0.15, 0.2) is 0 Å². The molecule has 0 fully saturated rings. The molecule has 2 N–H and O–H groups in total. The van der Waals surface area contributed by atoms with Gasteiger partial charge in [-0.25, -0.2) is 0 Å². The summed E-state index contributed by atoms with van der Waals surface area (Å²) in [4.78, 5) is 39.6. The third-order valence-electron chi connectivity index (χ3n) is 3.84. The standard InChI is InChI=1S/C19H30N4O3/c1-5-11-20-17(24)13-22(4)14-18(25)21-16-10-8-9-15(12-16)19(26)23(6-2)7-3/h8-10,12H,5-7,11,13-14H2,1-4H3,(H,20,24)(H,21,25). The van der Waals surface area contributed by atoms with Crippen molar-refractivity contribution >= 4 is 23.4 Å². The number of nitrogens with one attached hydrogen (secondary N) is 2. The Balaban J connectivity index is 2.60. The number of nitrogens with zero attached hydrogens (tertiary/aromatic N) is 2. The van der Waals surface area contributed by atoms with E-state index in [1.54, 1.807) is 41.1 Å². The van der Waals surface area contributed by atoms with Crippen LogP contribution in [-0.4, -0.2) is 67.3 Å². The summed E-state index contributed by atoms with van der Waals surface area (Å²) >= 11 is 0. The number of anilines is 1. The second-order valence-electron chi connectivity index (χ2n) is 6.13. The summed E-state index contributed by atoms with van der Waals surface area (Å²) in [6.45, 7) is 8.00. The summed E-state index contributed by atoms with van der Waals surface area (Å²) in [6.07, 6.45) is 0.874. The van der Waals surface area contributed by atoms with Crippen LogP contribution in [0, 0.1) is 0 Å². The van der Waals surface area contributed by atoms with Crippen molar-refractivity contribution in [2.24, 2.45) is 0 Å². The monoisotopic (exact) mass is 362 g/mol. The Kier molecular flexibility index (Phi) is 9.36. The van der Waals surface area contributed by atoms with E-state index in [1.807, 2.05) is 20.8 Å². The van der Waals surface area contributed by atoms with Crippen molar-refractivity contribution in [1.29, 1.82) is 0 Å². The molecule has 1 aromatic rings. The third kappa shape index (κ3) is 7.23. The third-order valence-corrected chi connectivity index (χ3v) is 3.84. The minimum atomic E-state index is -0.233. The zero-order chi connectivity index (χ0) is 19.5. The first-order valence-electron chi connectivity index (χ1n) is 9.05. The normalized spacial score (nSPS) is 10.5. The van der Waals surface area contributed by atoms with Crippen molar-refractivity contribution in [3.63, 3.8) is 0 Å². The van der Waals surface area contributed by atoms with E-state index in [9.17, 15) is 14.4 Å². The lowest BCUT2D eigenvalue weighted by Crippen LogP contribution is -2.39. The topological polar surface area (TPSA) is 81.8 Å². The van der Waals surface area contributed by atoms with Gasteiger partial charge in [0.05, 0.1) is 13.1 Å². The minimum Gasteiger partial charge on any atom is -0.355 e. The molecule has 0 radical (unpaired) electrons. The number of rotatable bonds is 10. The fourth-order valence-corrected chi connectivity index (χ4v) is 2.49. The van der Waals surface area contributed by atoms with Gasteiger partial charge in [0.25, 0.3) is 5.91 Å². The molecule has 144 valence electrons. The van der Waals surface area contributed by atoms with Gasteiger partial charge in [0.1, 0.15) is 0 Å². The molecule has 0 heterocycles. The quantitative estimate of drug-likeness (QED) is 0.662. The maximum absolute atomic E-state index is 12.4. The lowest BCUT2D eigenvalue weighted by atomic mass is 10.1. The van der Waals surface area contributed by atoms with Crippen LogP contribution in [0.2, 0.25) is 0 Å². The van der Waals surface area contributed by atoms with Crippen LogP contribution < -0.4 is 10.6 Å². The Hall–Kier alpha value is -2.41. The van der Waals surface area contributed by atoms with E-state index in [4.69, 9.17) is 0 Å². The van der Waals surface area contributed by atoms with Gasteiger partial charge in [-0.15, -0.1) is 0 Å². The summed E-state index contributed by atoms with van der Waals surface area (Å²) in [5.41, 5.74) is 1.11. The van der Waals surface area contributed by atoms with Crippen LogP contribution in [-0.2, 0) is 9.59 Å². The number of hydrogen-bond donors (Lipinski definition) is 2.